The van der Waals surface area contributed by atoms with Crippen molar-refractivity contribution in [2.24, 2.45) is 0 Å². The number of aryl methyl sites for hydroxylation is 1. The van der Waals surface area contributed by atoms with Crippen molar-refractivity contribution in [2.45, 2.75) is 26.9 Å². The number of hydrogen-bond donors (Lipinski definition) is 3. The normalized spacial score (nSPS) is 10.3. The second kappa shape index (κ2) is 11.3. The monoisotopic (exact) mass is 557 g/mol. The molecule has 10 heteroatoms. The Labute approximate surface area is 197 Å². The second-order valence-electron chi connectivity index (χ2n) is 6.47. The topological polar surface area (TPSA) is 88.7 Å². The first-order valence-corrected chi connectivity index (χ1v) is 10.9. The Kier molecular flexibility index (Phi) is 9.07. The first-order valence-electron chi connectivity index (χ1n) is 8.91. The van der Waals surface area contributed by atoms with E-state index in [1.165, 1.54) is 0 Å². The van der Waals surface area contributed by atoms with Crippen LogP contribution >= 0.6 is 44.1 Å². The summed E-state index contributed by atoms with van der Waals surface area (Å²) in [5.74, 6) is 0.357. The molecule has 0 unspecified atom stereocenters. The number of carbonyl (C=O) groups excluding carboxylic acids is 2. The number of amides is 2. The maximum Gasteiger partial charge on any atom is 0.276 e. The fourth-order valence-corrected chi connectivity index (χ4v) is 4.03. The number of halogens is 2. The Morgan fingerprint density at radius 1 is 1.10 bits per heavy atom. The number of benzene rings is 2. The van der Waals surface area contributed by atoms with E-state index in [9.17, 15) is 9.59 Å². The first-order chi connectivity index (χ1) is 14.2. The molecule has 0 saturated heterocycles. The Morgan fingerprint density at radius 2 is 1.77 bits per heavy atom. The lowest BCUT2D eigenvalue weighted by atomic mass is 10.2. The van der Waals surface area contributed by atoms with Gasteiger partial charge in [0.2, 0.25) is 0 Å². The first kappa shape index (κ1) is 24.1. The molecule has 0 aliphatic heterocycles. The minimum Gasteiger partial charge on any atom is -0.491 e. The Morgan fingerprint density at radius 3 is 2.37 bits per heavy atom. The number of carbonyl (C=O) groups is 2. The molecule has 0 aliphatic rings. The predicted octanol–water partition coefficient (Wildman–Crippen LogP) is 4.02. The van der Waals surface area contributed by atoms with Gasteiger partial charge in [-0.1, -0.05) is 15.9 Å². The smallest absolute Gasteiger partial charge is 0.276 e. The van der Waals surface area contributed by atoms with Gasteiger partial charge in [-0.25, -0.2) is 0 Å². The van der Waals surface area contributed by atoms with Gasteiger partial charge in [0, 0.05) is 10.0 Å². The van der Waals surface area contributed by atoms with Crippen LogP contribution in [0.5, 0.6) is 11.5 Å². The van der Waals surface area contributed by atoms with E-state index in [1.807, 2.05) is 32.9 Å². The maximum atomic E-state index is 12.2. The van der Waals surface area contributed by atoms with E-state index >= 15 is 0 Å². The second-order valence-corrected chi connectivity index (χ2v) is 8.65. The van der Waals surface area contributed by atoms with E-state index in [4.69, 9.17) is 21.7 Å². The van der Waals surface area contributed by atoms with Crippen LogP contribution in [0.25, 0.3) is 0 Å². The molecule has 0 heterocycles. The summed E-state index contributed by atoms with van der Waals surface area (Å²) < 4.78 is 12.7. The summed E-state index contributed by atoms with van der Waals surface area (Å²) in [5, 5.41) is 2.44. The Bertz CT molecular complexity index is 913. The number of ether oxygens (including phenoxy) is 2. The molecule has 0 radical (unpaired) electrons. The minimum absolute atomic E-state index is 0.0443. The minimum atomic E-state index is -0.462. The highest BCUT2D eigenvalue weighted by Crippen LogP contribution is 2.32. The van der Waals surface area contributed by atoms with Crippen LogP contribution < -0.4 is 25.6 Å². The van der Waals surface area contributed by atoms with Gasteiger partial charge in [-0.05, 0) is 90.9 Å². The number of thiocarbonyl (C=S) groups is 1. The number of nitrogens with one attached hydrogen (secondary N) is 3. The van der Waals surface area contributed by atoms with E-state index in [1.54, 1.807) is 24.3 Å². The number of hydrogen-bond acceptors (Lipinski definition) is 5. The molecule has 2 amide bonds. The van der Waals surface area contributed by atoms with Crippen molar-refractivity contribution in [2.75, 3.05) is 6.61 Å². The van der Waals surface area contributed by atoms with Gasteiger partial charge < -0.3 is 9.47 Å². The zero-order chi connectivity index (χ0) is 22.3. The molecule has 0 fully saturated rings. The fourth-order valence-electron chi connectivity index (χ4n) is 2.34. The highest BCUT2D eigenvalue weighted by molar-refractivity contribution is 9.11. The largest absolute Gasteiger partial charge is 0.491 e. The molecule has 2 aromatic carbocycles. The third kappa shape index (κ3) is 7.58. The Balaban J connectivity index is 1.78. The van der Waals surface area contributed by atoms with Gasteiger partial charge >= 0.3 is 0 Å². The average Bonchev–Trinajstić information content (AvgIpc) is 2.65. The summed E-state index contributed by atoms with van der Waals surface area (Å²) in [6, 6.07) is 10.4. The van der Waals surface area contributed by atoms with E-state index in [2.05, 4.69) is 48.0 Å². The van der Waals surface area contributed by atoms with Crippen LogP contribution in [-0.4, -0.2) is 29.6 Å². The zero-order valence-corrected chi connectivity index (χ0v) is 20.5. The maximum absolute atomic E-state index is 12.2. The van der Waals surface area contributed by atoms with E-state index in [-0.39, 0.29) is 17.8 Å². The average molecular weight is 559 g/mol. The summed E-state index contributed by atoms with van der Waals surface area (Å²) in [7, 11) is 0. The zero-order valence-electron chi connectivity index (χ0n) is 16.5. The molecule has 2 aromatic rings. The summed E-state index contributed by atoms with van der Waals surface area (Å²) in [6.45, 7) is 5.47. The molecule has 0 aliphatic carbocycles. The predicted molar refractivity (Wildman–Crippen MR) is 126 cm³/mol. The van der Waals surface area contributed by atoms with Gasteiger partial charge in [-0.2, -0.15) is 0 Å². The molecular weight excluding hydrogens is 538 g/mol. The molecule has 0 aromatic heterocycles. The van der Waals surface area contributed by atoms with Gasteiger partial charge in [0.25, 0.3) is 11.8 Å². The van der Waals surface area contributed by atoms with Crippen LogP contribution in [0.3, 0.4) is 0 Å². The lowest BCUT2D eigenvalue weighted by Crippen LogP contribution is -2.49. The van der Waals surface area contributed by atoms with E-state index < -0.39 is 11.8 Å². The van der Waals surface area contributed by atoms with Gasteiger partial charge in [0.15, 0.2) is 11.7 Å². The molecule has 2 rings (SSSR count). The van der Waals surface area contributed by atoms with Crippen LogP contribution in [0.4, 0.5) is 0 Å². The molecule has 3 N–H and O–H groups in total. The highest BCUT2D eigenvalue weighted by atomic mass is 79.9. The number of hydrazine groups is 1. The molecule has 7 nitrogen and oxygen atoms in total. The SMILES string of the molecule is Cc1cc(Br)cc(Br)c1OCC(=O)NNC(=S)NC(=O)c1ccc(OC(C)C)cc1. The van der Waals surface area contributed by atoms with Gasteiger partial charge in [-0.3, -0.25) is 25.8 Å². The molecule has 160 valence electrons. The van der Waals surface area contributed by atoms with Gasteiger partial charge in [0.1, 0.15) is 11.5 Å². The summed E-state index contributed by atoms with van der Waals surface area (Å²) >= 11 is 11.8. The highest BCUT2D eigenvalue weighted by Gasteiger charge is 2.11. The molecule has 0 atom stereocenters. The summed E-state index contributed by atoms with van der Waals surface area (Å²) in [4.78, 5) is 24.2. The van der Waals surface area contributed by atoms with E-state index in [0.29, 0.717) is 17.1 Å². The summed E-state index contributed by atoms with van der Waals surface area (Å²) in [6.07, 6.45) is 0.0443. The van der Waals surface area contributed by atoms with Crippen LogP contribution in [0, 0.1) is 6.92 Å². The van der Waals surface area contributed by atoms with Crippen LogP contribution in [0.15, 0.2) is 45.3 Å². The van der Waals surface area contributed by atoms with Crippen molar-refractivity contribution in [1.29, 1.82) is 0 Å². The van der Waals surface area contributed by atoms with Gasteiger partial charge in [0.05, 0.1) is 10.6 Å². The standard InChI is InChI=1S/C20H21Br2N3O4S/c1-11(2)29-15-6-4-13(5-7-15)19(27)23-20(30)25-24-17(26)10-28-18-12(3)8-14(21)9-16(18)22/h4-9,11H,10H2,1-3H3,(H,24,26)(H2,23,25,27,30). The molecule has 0 bridgehead atoms. The van der Waals surface area contributed by atoms with Crippen molar-refractivity contribution in [3.05, 3.63) is 56.5 Å². The van der Waals surface area contributed by atoms with Crippen LogP contribution in [-0.2, 0) is 4.79 Å². The number of rotatable bonds is 6. The fraction of sp³-hybridized carbons (Fsp3) is 0.250. The van der Waals surface area contributed by atoms with Gasteiger partial charge in [-0.15, -0.1) is 0 Å². The molecule has 30 heavy (non-hydrogen) atoms. The molecule has 0 spiro atoms. The third-order valence-electron chi connectivity index (χ3n) is 3.57. The summed E-state index contributed by atoms with van der Waals surface area (Å²) in [5.41, 5.74) is 6.12. The molecule has 0 saturated carbocycles. The molecular formula is C20H21Br2N3O4S. The van der Waals surface area contributed by atoms with Crippen molar-refractivity contribution in [1.82, 2.24) is 16.2 Å². The third-order valence-corrected chi connectivity index (χ3v) is 4.82. The van der Waals surface area contributed by atoms with Crippen molar-refractivity contribution in [3.63, 3.8) is 0 Å². The van der Waals surface area contributed by atoms with Crippen LogP contribution in [0.2, 0.25) is 0 Å². The lowest BCUT2D eigenvalue weighted by Gasteiger charge is -2.14. The van der Waals surface area contributed by atoms with Crippen LogP contribution in [0.1, 0.15) is 29.8 Å². The van der Waals surface area contributed by atoms with Crippen molar-refractivity contribution in [3.8, 4) is 11.5 Å². The van der Waals surface area contributed by atoms with Crippen molar-refractivity contribution < 1.29 is 19.1 Å². The quantitative estimate of drug-likeness (QED) is 0.366. The lowest BCUT2D eigenvalue weighted by molar-refractivity contribution is -0.123. The Hall–Kier alpha value is -2.17. The van der Waals surface area contributed by atoms with Crippen molar-refractivity contribution >= 4 is 61.0 Å². The van der Waals surface area contributed by atoms with E-state index in [0.717, 1.165) is 14.5 Å².